The van der Waals surface area contributed by atoms with E-state index in [1.54, 1.807) is 37.3 Å². The van der Waals surface area contributed by atoms with Crippen LogP contribution in [0.1, 0.15) is 18.6 Å². The van der Waals surface area contributed by atoms with E-state index in [0.29, 0.717) is 11.3 Å². The number of benzene rings is 2. The van der Waals surface area contributed by atoms with Gasteiger partial charge < -0.3 is 15.2 Å². The fraction of sp³-hybridized carbons (Fsp3) is 0.188. The van der Waals surface area contributed by atoms with Crippen LogP contribution in [0.5, 0.6) is 5.75 Å². The van der Waals surface area contributed by atoms with E-state index in [0.717, 1.165) is 0 Å². The van der Waals surface area contributed by atoms with Gasteiger partial charge in [0.1, 0.15) is 0 Å². The number of hydrogen-bond acceptors (Lipinski definition) is 3. The highest BCUT2D eigenvalue weighted by Gasteiger charge is 2.10. The molecule has 0 fully saturated rings. The van der Waals surface area contributed by atoms with Gasteiger partial charge in [-0.2, -0.15) is 0 Å². The smallest absolute Gasteiger partial charge is 0.262 e. The summed E-state index contributed by atoms with van der Waals surface area (Å²) in [5.74, 6) is -1.01. The molecule has 0 unspecified atom stereocenters. The summed E-state index contributed by atoms with van der Waals surface area (Å²) in [6.07, 6.45) is -0.755. The molecule has 0 aliphatic rings. The van der Waals surface area contributed by atoms with Crippen molar-refractivity contribution >= 4 is 11.6 Å². The van der Waals surface area contributed by atoms with Gasteiger partial charge in [-0.25, -0.2) is 4.39 Å². The van der Waals surface area contributed by atoms with E-state index in [-0.39, 0.29) is 18.3 Å². The molecule has 0 saturated carbocycles. The lowest BCUT2D eigenvalue weighted by atomic mass is 10.1. The Morgan fingerprint density at radius 3 is 2.62 bits per heavy atom. The molecule has 1 amide bonds. The van der Waals surface area contributed by atoms with Crippen LogP contribution >= 0.6 is 0 Å². The second-order valence-corrected chi connectivity index (χ2v) is 4.57. The average molecular weight is 289 g/mol. The summed E-state index contributed by atoms with van der Waals surface area (Å²) in [4.78, 5) is 11.7. The Balaban J connectivity index is 1.92. The summed E-state index contributed by atoms with van der Waals surface area (Å²) < 4.78 is 18.9. The van der Waals surface area contributed by atoms with Crippen molar-refractivity contribution in [2.24, 2.45) is 0 Å². The third kappa shape index (κ3) is 4.29. The molecule has 0 heterocycles. The number of aliphatic hydroxyl groups is 1. The van der Waals surface area contributed by atoms with Crippen molar-refractivity contribution in [1.82, 2.24) is 0 Å². The van der Waals surface area contributed by atoms with Gasteiger partial charge >= 0.3 is 0 Å². The molecule has 2 aromatic carbocycles. The molecule has 1 atom stereocenters. The highest BCUT2D eigenvalue weighted by molar-refractivity contribution is 5.91. The Morgan fingerprint density at radius 2 is 2.00 bits per heavy atom. The number of carbonyl (C=O) groups excluding carboxylic acids is 1. The third-order valence-electron chi connectivity index (χ3n) is 2.85. The second-order valence-electron chi connectivity index (χ2n) is 4.57. The molecule has 0 aliphatic heterocycles. The highest BCUT2D eigenvalue weighted by Crippen LogP contribution is 2.21. The standard InChI is InChI=1S/C16H16FNO3/c1-11(19)12-7-8-15(14(17)9-12)21-10-16(20)18-13-5-3-2-4-6-13/h2-9,11,19H,10H2,1H3,(H,18,20)/t11-/m0/s1. The Kier molecular flexibility index (Phi) is 4.90. The summed E-state index contributed by atoms with van der Waals surface area (Å²) in [7, 11) is 0. The van der Waals surface area contributed by atoms with Gasteiger partial charge in [-0.05, 0) is 36.8 Å². The van der Waals surface area contributed by atoms with E-state index in [4.69, 9.17) is 4.74 Å². The van der Waals surface area contributed by atoms with Crippen molar-refractivity contribution in [3.8, 4) is 5.75 Å². The minimum Gasteiger partial charge on any atom is -0.481 e. The molecule has 0 aliphatic carbocycles. The topological polar surface area (TPSA) is 58.6 Å². The molecule has 0 radical (unpaired) electrons. The van der Waals surface area contributed by atoms with Crippen LogP contribution in [0.15, 0.2) is 48.5 Å². The molecule has 0 aromatic heterocycles. The number of para-hydroxylation sites is 1. The fourth-order valence-electron chi connectivity index (χ4n) is 1.76. The van der Waals surface area contributed by atoms with Gasteiger partial charge in [-0.1, -0.05) is 24.3 Å². The predicted octanol–water partition coefficient (Wildman–Crippen LogP) is 2.90. The van der Waals surface area contributed by atoms with E-state index in [1.807, 2.05) is 6.07 Å². The number of hydrogen-bond donors (Lipinski definition) is 2. The van der Waals surface area contributed by atoms with Crippen LogP contribution in [0.25, 0.3) is 0 Å². The van der Waals surface area contributed by atoms with Gasteiger partial charge in [0.05, 0.1) is 6.10 Å². The molecular weight excluding hydrogens is 273 g/mol. The summed E-state index contributed by atoms with van der Waals surface area (Å²) in [6.45, 7) is 1.25. The number of anilines is 1. The number of aliphatic hydroxyl groups excluding tert-OH is 1. The first-order valence-corrected chi connectivity index (χ1v) is 6.51. The van der Waals surface area contributed by atoms with Gasteiger partial charge in [-0.3, -0.25) is 4.79 Å². The van der Waals surface area contributed by atoms with Crippen LogP contribution in [0.2, 0.25) is 0 Å². The normalized spacial score (nSPS) is 11.8. The van der Waals surface area contributed by atoms with Crippen LogP contribution in [0.4, 0.5) is 10.1 Å². The zero-order valence-corrected chi connectivity index (χ0v) is 11.5. The van der Waals surface area contributed by atoms with Crippen LogP contribution in [0.3, 0.4) is 0 Å². The fourth-order valence-corrected chi connectivity index (χ4v) is 1.76. The Bertz CT molecular complexity index is 614. The zero-order valence-electron chi connectivity index (χ0n) is 11.5. The van der Waals surface area contributed by atoms with Crippen molar-refractivity contribution in [3.63, 3.8) is 0 Å². The van der Waals surface area contributed by atoms with Crippen LogP contribution in [-0.2, 0) is 4.79 Å². The molecule has 0 saturated heterocycles. The summed E-state index contributed by atoms with van der Waals surface area (Å²) in [5.41, 5.74) is 1.10. The third-order valence-corrected chi connectivity index (χ3v) is 2.85. The van der Waals surface area contributed by atoms with Crippen molar-refractivity contribution < 1.29 is 19.0 Å². The lowest BCUT2D eigenvalue weighted by molar-refractivity contribution is -0.118. The maximum Gasteiger partial charge on any atom is 0.262 e. The highest BCUT2D eigenvalue weighted by atomic mass is 19.1. The van der Waals surface area contributed by atoms with Gasteiger partial charge in [0.15, 0.2) is 18.2 Å². The Labute approximate surface area is 122 Å². The summed E-state index contributed by atoms with van der Waals surface area (Å²) >= 11 is 0. The van der Waals surface area contributed by atoms with E-state index >= 15 is 0 Å². The van der Waals surface area contributed by atoms with E-state index in [9.17, 15) is 14.3 Å². The number of amides is 1. The van der Waals surface area contributed by atoms with E-state index in [2.05, 4.69) is 5.32 Å². The van der Waals surface area contributed by atoms with Gasteiger partial charge in [-0.15, -0.1) is 0 Å². The molecule has 0 bridgehead atoms. The molecule has 21 heavy (non-hydrogen) atoms. The van der Waals surface area contributed by atoms with Crippen molar-refractivity contribution in [1.29, 1.82) is 0 Å². The van der Waals surface area contributed by atoms with Crippen LogP contribution in [-0.4, -0.2) is 17.6 Å². The first kappa shape index (κ1) is 15.0. The molecular formula is C16H16FNO3. The van der Waals surface area contributed by atoms with Crippen molar-refractivity contribution in [2.75, 3.05) is 11.9 Å². The van der Waals surface area contributed by atoms with E-state index in [1.165, 1.54) is 12.1 Å². The lowest BCUT2D eigenvalue weighted by Crippen LogP contribution is -2.20. The maximum atomic E-state index is 13.7. The van der Waals surface area contributed by atoms with Crippen LogP contribution in [0, 0.1) is 5.82 Å². The maximum absolute atomic E-state index is 13.7. The average Bonchev–Trinajstić information content (AvgIpc) is 2.47. The minimum atomic E-state index is -0.755. The van der Waals surface area contributed by atoms with Crippen molar-refractivity contribution in [2.45, 2.75) is 13.0 Å². The first-order chi connectivity index (χ1) is 10.1. The largest absolute Gasteiger partial charge is 0.481 e. The second kappa shape index (κ2) is 6.85. The zero-order chi connectivity index (χ0) is 15.2. The molecule has 2 aromatic rings. The molecule has 110 valence electrons. The molecule has 4 nitrogen and oxygen atoms in total. The lowest BCUT2D eigenvalue weighted by Gasteiger charge is -2.10. The number of nitrogens with one attached hydrogen (secondary N) is 1. The van der Waals surface area contributed by atoms with E-state index < -0.39 is 11.9 Å². The predicted molar refractivity (Wildman–Crippen MR) is 77.6 cm³/mol. The number of halogens is 1. The van der Waals surface area contributed by atoms with Gasteiger partial charge in [0.25, 0.3) is 5.91 Å². The quantitative estimate of drug-likeness (QED) is 0.889. The molecule has 2 rings (SSSR count). The monoisotopic (exact) mass is 289 g/mol. The van der Waals surface area contributed by atoms with Gasteiger partial charge in [0.2, 0.25) is 0 Å². The number of ether oxygens (including phenoxy) is 1. The summed E-state index contributed by atoms with van der Waals surface area (Å²) in [5, 5.41) is 12.0. The van der Waals surface area contributed by atoms with Gasteiger partial charge in [0, 0.05) is 5.69 Å². The Hall–Kier alpha value is -2.40. The van der Waals surface area contributed by atoms with Crippen LogP contribution < -0.4 is 10.1 Å². The van der Waals surface area contributed by atoms with Crippen molar-refractivity contribution in [3.05, 3.63) is 59.9 Å². The number of rotatable bonds is 5. The summed E-state index contributed by atoms with van der Waals surface area (Å²) in [6, 6.07) is 13.1. The molecule has 2 N–H and O–H groups in total. The minimum absolute atomic E-state index is 0.0254. The SMILES string of the molecule is C[C@H](O)c1ccc(OCC(=O)Nc2ccccc2)c(F)c1. The molecule has 0 spiro atoms. The Morgan fingerprint density at radius 1 is 1.29 bits per heavy atom. The number of carbonyl (C=O) groups is 1. The first-order valence-electron chi connectivity index (χ1n) is 6.51. The molecule has 5 heteroatoms.